The third kappa shape index (κ3) is 3.75. The van der Waals surface area contributed by atoms with E-state index in [1.165, 1.54) is 11.1 Å². The average Bonchev–Trinajstić information content (AvgIpc) is 3.35. The lowest BCUT2D eigenvalue weighted by Crippen LogP contribution is -2.30. The van der Waals surface area contributed by atoms with E-state index in [1.807, 2.05) is 24.3 Å². The zero-order valence-electron chi connectivity index (χ0n) is 15.5. The Morgan fingerprint density at radius 1 is 1.19 bits per heavy atom. The van der Waals surface area contributed by atoms with Crippen LogP contribution < -0.4 is 4.74 Å². The molecule has 1 unspecified atom stereocenters. The minimum absolute atomic E-state index is 0.127. The quantitative estimate of drug-likeness (QED) is 0.690. The SMILES string of the molecule is COc1ccc(-c2nc(CN(CCO)C3CCc4ccccc43)co2)cc1. The van der Waals surface area contributed by atoms with E-state index in [-0.39, 0.29) is 6.61 Å². The summed E-state index contributed by atoms with van der Waals surface area (Å²) in [5, 5.41) is 9.56. The predicted octanol–water partition coefficient (Wildman–Crippen LogP) is 3.83. The molecule has 27 heavy (non-hydrogen) atoms. The van der Waals surface area contributed by atoms with E-state index in [0.29, 0.717) is 25.0 Å². The van der Waals surface area contributed by atoms with E-state index in [2.05, 4.69) is 34.1 Å². The van der Waals surface area contributed by atoms with Gasteiger partial charge in [0.1, 0.15) is 12.0 Å². The van der Waals surface area contributed by atoms with Crippen LogP contribution in [0.15, 0.2) is 59.2 Å². The number of aliphatic hydroxyl groups excluding tert-OH is 1. The Bertz CT molecular complexity index is 889. The summed E-state index contributed by atoms with van der Waals surface area (Å²) >= 11 is 0. The van der Waals surface area contributed by atoms with Crippen molar-refractivity contribution in [3.8, 4) is 17.2 Å². The van der Waals surface area contributed by atoms with Crippen LogP contribution in [0, 0.1) is 0 Å². The maximum atomic E-state index is 9.56. The summed E-state index contributed by atoms with van der Waals surface area (Å²) in [5.74, 6) is 1.41. The number of methoxy groups -OCH3 is 1. The molecule has 0 spiro atoms. The van der Waals surface area contributed by atoms with Gasteiger partial charge in [-0.15, -0.1) is 0 Å². The highest BCUT2D eigenvalue weighted by molar-refractivity contribution is 5.54. The molecule has 0 saturated carbocycles. The molecule has 1 aromatic heterocycles. The zero-order valence-corrected chi connectivity index (χ0v) is 15.5. The van der Waals surface area contributed by atoms with Crippen LogP contribution in [0.25, 0.3) is 11.5 Å². The Balaban J connectivity index is 1.52. The lowest BCUT2D eigenvalue weighted by molar-refractivity contribution is 0.141. The minimum atomic E-state index is 0.127. The van der Waals surface area contributed by atoms with Crippen molar-refractivity contribution < 1.29 is 14.3 Å². The number of hydrogen-bond donors (Lipinski definition) is 1. The molecule has 1 atom stereocenters. The van der Waals surface area contributed by atoms with Crippen molar-refractivity contribution in [2.24, 2.45) is 0 Å². The van der Waals surface area contributed by atoms with Crippen LogP contribution in [0.4, 0.5) is 0 Å². The van der Waals surface area contributed by atoms with E-state index >= 15 is 0 Å². The fourth-order valence-corrected chi connectivity index (χ4v) is 3.84. The Morgan fingerprint density at radius 2 is 2.00 bits per heavy atom. The molecule has 1 N–H and O–H groups in total. The van der Waals surface area contributed by atoms with E-state index in [0.717, 1.165) is 29.8 Å². The number of rotatable bonds is 7. The molecular weight excluding hydrogens is 340 g/mol. The Labute approximate surface area is 159 Å². The molecule has 5 heteroatoms. The largest absolute Gasteiger partial charge is 0.497 e. The van der Waals surface area contributed by atoms with Crippen molar-refractivity contribution >= 4 is 0 Å². The predicted molar refractivity (Wildman–Crippen MR) is 103 cm³/mol. The van der Waals surface area contributed by atoms with Gasteiger partial charge in [0.15, 0.2) is 0 Å². The zero-order chi connectivity index (χ0) is 18.6. The van der Waals surface area contributed by atoms with Gasteiger partial charge in [-0.2, -0.15) is 0 Å². The van der Waals surface area contributed by atoms with E-state index < -0.39 is 0 Å². The van der Waals surface area contributed by atoms with E-state index in [9.17, 15) is 5.11 Å². The number of ether oxygens (including phenoxy) is 1. The third-order valence-electron chi connectivity index (χ3n) is 5.18. The highest BCUT2D eigenvalue weighted by Gasteiger charge is 2.28. The average molecular weight is 364 g/mol. The van der Waals surface area contributed by atoms with Crippen molar-refractivity contribution in [2.75, 3.05) is 20.3 Å². The van der Waals surface area contributed by atoms with Gasteiger partial charge >= 0.3 is 0 Å². The van der Waals surface area contributed by atoms with Gasteiger partial charge in [-0.05, 0) is 48.2 Å². The Hall–Kier alpha value is -2.63. The summed E-state index contributed by atoms with van der Waals surface area (Å²) in [5.41, 5.74) is 4.56. The summed E-state index contributed by atoms with van der Waals surface area (Å²) in [6.07, 6.45) is 3.87. The highest BCUT2D eigenvalue weighted by atomic mass is 16.5. The number of aromatic nitrogens is 1. The fourth-order valence-electron chi connectivity index (χ4n) is 3.84. The van der Waals surface area contributed by atoms with Gasteiger partial charge in [-0.1, -0.05) is 24.3 Å². The van der Waals surface area contributed by atoms with Gasteiger partial charge in [0.2, 0.25) is 5.89 Å². The molecule has 0 saturated heterocycles. The second kappa shape index (κ2) is 7.94. The minimum Gasteiger partial charge on any atom is -0.497 e. The number of aryl methyl sites for hydroxylation is 1. The topological polar surface area (TPSA) is 58.7 Å². The fraction of sp³-hybridized carbons (Fsp3) is 0.318. The number of aliphatic hydroxyl groups is 1. The lowest BCUT2D eigenvalue weighted by Gasteiger charge is -2.28. The summed E-state index contributed by atoms with van der Waals surface area (Å²) in [7, 11) is 1.65. The molecule has 4 rings (SSSR count). The van der Waals surface area contributed by atoms with Crippen molar-refractivity contribution in [2.45, 2.75) is 25.4 Å². The molecule has 5 nitrogen and oxygen atoms in total. The van der Waals surface area contributed by atoms with Crippen LogP contribution in [0.3, 0.4) is 0 Å². The summed E-state index contributed by atoms with van der Waals surface area (Å²) in [6.45, 7) is 1.39. The Morgan fingerprint density at radius 3 is 2.78 bits per heavy atom. The van der Waals surface area contributed by atoms with E-state index in [1.54, 1.807) is 13.4 Å². The normalized spacial score (nSPS) is 15.9. The molecule has 1 aliphatic rings. The van der Waals surface area contributed by atoms with Crippen LogP contribution in [0.5, 0.6) is 5.75 Å². The lowest BCUT2D eigenvalue weighted by atomic mass is 10.1. The van der Waals surface area contributed by atoms with Gasteiger partial charge in [-0.3, -0.25) is 4.90 Å². The number of hydrogen-bond acceptors (Lipinski definition) is 5. The van der Waals surface area contributed by atoms with Crippen LogP contribution in [-0.2, 0) is 13.0 Å². The highest BCUT2D eigenvalue weighted by Crippen LogP contribution is 2.36. The van der Waals surface area contributed by atoms with Crippen molar-refractivity contribution in [1.29, 1.82) is 0 Å². The molecule has 0 radical (unpaired) electrons. The van der Waals surface area contributed by atoms with Crippen molar-refractivity contribution in [3.05, 3.63) is 71.6 Å². The molecule has 0 bridgehead atoms. The number of benzene rings is 2. The maximum absolute atomic E-state index is 9.56. The standard InChI is InChI=1S/C22H24N2O3/c1-26-19-9-6-17(7-10-19)22-23-18(15-27-22)14-24(12-13-25)21-11-8-16-4-2-3-5-20(16)21/h2-7,9-10,15,21,25H,8,11-14H2,1H3. The van der Waals surface area contributed by atoms with Gasteiger partial charge in [0.05, 0.1) is 19.4 Å². The summed E-state index contributed by atoms with van der Waals surface area (Å²) in [4.78, 5) is 6.95. The van der Waals surface area contributed by atoms with Crippen LogP contribution in [-0.4, -0.2) is 35.3 Å². The molecule has 0 amide bonds. The van der Waals surface area contributed by atoms with Crippen molar-refractivity contribution in [1.82, 2.24) is 9.88 Å². The molecule has 140 valence electrons. The third-order valence-corrected chi connectivity index (χ3v) is 5.18. The van der Waals surface area contributed by atoms with Crippen LogP contribution >= 0.6 is 0 Å². The maximum Gasteiger partial charge on any atom is 0.226 e. The van der Waals surface area contributed by atoms with Gasteiger partial charge in [0, 0.05) is 24.7 Å². The summed E-state index contributed by atoms with van der Waals surface area (Å²) < 4.78 is 10.9. The van der Waals surface area contributed by atoms with Crippen LogP contribution in [0.2, 0.25) is 0 Å². The number of nitrogens with zero attached hydrogens (tertiary/aromatic N) is 2. The molecule has 1 aliphatic carbocycles. The Kier molecular flexibility index (Phi) is 5.23. The van der Waals surface area contributed by atoms with Gasteiger partial charge in [0.25, 0.3) is 0 Å². The van der Waals surface area contributed by atoms with Gasteiger partial charge in [-0.25, -0.2) is 4.98 Å². The van der Waals surface area contributed by atoms with Crippen molar-refractivity contribution in [3.63, 3.8) is 0 Å². The first-order valence-corrected chi connectivity index (χ1v) is 9.30. The molecule has 0 aliphatic heterocycles. The van der Waals surface area contributed by atoms with Crippen LogP contribution in [0.1, 0.15) is 29.3 Å². The smallest absolute Gasteiger partial charge is 0.226 e. The number of fused-ring (bicyclic) bond motifs is 1. The first-order chi connectivity index (χ1) is 13.3. The molecule has 1 heterocycles. The molecular formula is C22H24N2O3. The van der Waals surface area contributed by atoms with E-state index in [4.69, 9.17) is 9.15 Å². The molecule has 0 fully saturated rings. The first-order valence-electron chi connectivity index (χ1n) is 9.30. The first kappa shape index (κ1) is 17.8. The monoisotopic (exact) mass is 364 g/mol. The van der Waals surface area contributed by atoms with Gasteiger partial charge < -0.3 is 14.3 Å². The number of oxazole rings is 1. The molecule has 3 aromatic rings. The molecule has 2 aromatic carbocycles. The summed E-state index contributed by atoms with van der Waals surface area (Å²) in [6, 6.07) is 16.6. The second-order valence-electron chi connectivity index (χ2n) is 6.82. The second-order valence-corrected chi connectivity index (χ2v) is 6.82.